The third kappa shape index (κ3) is 2.81. The van der Waals surface area contributed by atoms with E-state index in [0.717, 1.165) is 0 Å². The van der Waals surface area contributed by atoms with Gasteiger partial charge in [0.25, 0.3) is 5.91 Å². The predicted molar refractivity (Wildman–Crippen MR) is 77.2 cm³/mol. The molecule has 1 amide bonds. The number of benzene rings is 1. The third-order valence-electron chi connectivity index (χ3n) is 3.28. The molecule has 1 aliphatic rings. The van der Waals surface area contributed by atoms with Gasteiger partial charge in [0.15, 0.2) is 6.61 Å². The molecule has 1 heterocycles. The second-order valence-corrected chi connectivity index (χ2v) is 6.92. The zero-order chi connectivity index (χ0) is 15.8. The van der Waals surface area contributed by atoms with Gasteiger partial charge in [0.05, 0.1) is 12.8 Å². The number of anilines is 1. The van der Waals surface area contributed by atoms with E-state index in [1.54, 1.807) is 13.8 Å². The maximum atomic E-state index is 12.6. The van der Waals surface area contributed by atoms with Crippen LogP contribution in [0.5, 0.6) is 11.5 Å². The smallest absolute Gasteiger partial charge is 0.262 e. The number of amides is 1. The fourth-order valence-electron chi connectivity index (χ4n) is 1.88. The van der Waals surface area contributed by atoms with Crippen LogP contribution in [0, 0.1) is 0 Å². The average molecular weight is 314 g/mol. The van der Waals surface area contributed by atoms with E-state index < -0.39 is 10.0 Å². The minimum absolute atomic E-state index is 0.0103. The minimum atomic E-state index is -3.71. The lowest BCUT2D eigenvalue weighted by Gasteiger charge is -2.24. The zero-order valence-corrected chi connectivity index (χ0v) is 13.2. The van der Waals surface area contributed by atoms with Crippen LogP contribution in [-0.4, -0.2) is 45.4 Å². The summed E-state index contributed by atoms with van der Waals surface area (Å²) in [5, 5.41) is 2.61. The fraction of sp³-hybridized carbons (Fsp3) is 0.462. The Morgan fingerprint density at radius 3 is 2.62 bits per heavy atom. The highest BCUT2D eigenvalue weighted by Crippen LogP contribution is 2.38. The van der Waals surface area contributed by atoms with Crippen LogP contribution in [0.2, 0.25) is 0 Å². The summed E-state index contributed by atoms with van der Waals surface area (Å²) in [6.45, 7) is 3.41. The number of hydrogen-bond donors (Lipinski definition) is 1. The van der Waals surface area contributed by atoms with Gasteiger partial charge in [0, 0.05) is 25.2 Å². The van der Waals surface area contributed by atoms with Crippen molar-refractivity contribution in [1.29, 1.82) is 0 Å². The summed E-state index contributed by atoms with van der Waals surface area (Å²) in [5.41, 5.74) is 0.397. The molecule has 0 saturated carbocycles. The molecular weight excluding hydrogens is 296 g/mol. The standard InChI is InChI=1S/C13H18N2O5S/c1-8(2)15(3)21(17,18)12-6-10-9(5-11(12)19-4)14-13(16)7-20-10/h5-6,8H,7H2,1-4H3,(H,14,16). The third-order valence-corrected chi connectivity index (χ3v) is 5.34. The largest absolute Gasteiger partial charge is 0.495 e. The van der Waals surface area contributed by atoms with Gasteiger partial charge >= 0.3 is 0 Å². The lowest BCUT2D eigenvalue weighted by molar-refractivity contribution is -0.118. The summed E-state index contributed by atoms with van der Waals surface area (Å²) in [6, 6.07) is 2.63. The normalized spacial score (nSPS) is 14.7. The Balaban J connectivity index is 2.57. The van der Waals surface area contributed by atoms with Crippen LogP contribution in [-0.2, 0) is 14.8 Å². The van der Waals surface area contributed by atoms with Gasteiger partial charge in [-0.05, 0) is 13.8 Å². The van der Waals surface area contributed by atoms with Gasteiger partial charge < -0.3 is 14.8 Å². The molecule has 0 radical (unpaired) electrons. The highest BCUT2D eigenvalue weighted by Gasteiger charge is 2.29. The maximum absolute atomic E-state index is 12.6. The number of rotatable bonds is 4. The molecule has 1 N–H and O–H groups in total. The first-order chi connectivity index (χ1) is 9.77. The van der Waals surface area contributed by atoms with Crippen molar-refractivity contribution in [1.82, 2.24) is 4.31 Å². The Morgan fingerprint density at radius 1 is 1.38 bits per heavy atom. The summed E-state index contributed by atoms with van der Waals surface area (Å²) >= 11 is 0. The van der Waals surface area contributed by atoms with Crippen molar-refractivity contribution in [3.05, 3.63) is 12.1 Å². The molecule has 116 valence electrons. The molecule has 2 rings (SSSR count). The number of fused-ring (bicyclic) bond motifs is 1. The number of carbonyl (C=O) groups is 1. The predicted octanol–water partition coefficient (Wildman–Crippen LogP) is 1.05. The Bertz CT molecular complexity index is 669. The Kier molecular flexibility index (Phi) is 4.11. The van der Waals surface area contributed by atoms with E-state index >= 15 is 0 Å². The second-order valence-electron chi connectivity index (χ2n) is 4.95. The Hall–Kier alpha value is -1.80. The first kappa shape index (κ1) is 15.6. The van der Waals surface area contributed by atoms with Crippen LogP contribution in [0.15, 0.2) is 17.0 Å². The first-order valence-corrected chi connectivity index (χ1v) is 7.84. The van der Waals surface area contributed by atoms with E-state index in [0.29, 0.717) is 11.4 Å². The number of carbonyl (C=O) groups excluding carboxylic acids is 1. The maximum Gasteiger partial charge on any atom is 0.262 e. The molecular formula is C13H18N2O5S. The summed E-state index contributed by atoms with van der Waals surface area (Å²) in [5.74, 6) is 0.178. The van der Waals surface area contributed by atoms with Crippen LogP contribution in [0.4, 0.5) is 5.69 Å². The van der Waals surface area contributed by atoms with Gasteiger partial charge in [0.1, 0.15) is 16.4 Å². The highest BCUT2D eigenvalue weighted by atomic mass is 32.2. The molecule has 1 aromatic rings. The van der Waals surface area contributed by atoms with Crippen molar-refractivity contribution in [3.8, 4) is 11.5 Å². The molecule has 1 aliphatic heterocycles. The molecule has 0 aliphatic carbocycles. The van der Waals surface area contributed by atoms with Gasteiger partial charge in [-0.15, -0.1) is 0 Å². The molecule has 0 fully saturated rings. The fourth-order valence-corrected chi connectivity index (χ4v) is 3.40. The van der Waals surface area contributed by atoms with E-state index in [-0.39, 0.29) is 29.2 Å². The highest BCUT2D eigenvalue weighted by molar-refractivity contribution is 7.89. The van der Waals surface area contributed by atoms with E-state index in [1.165, 1.54) is 30.6 Å². The number of nitrogens with zero attached hydrogens (tertiary/aromatic N) is 1. The van der Waals surface area contributed by atoms with Crippen LogP contribution in [0.1, 0.15) is 13.8 Å². The Labute approximate surface area is 123 Å². The average Bonchev–Trinajstić information content (AvgIpc) is 2.44. The monoisotopic (exact) mass is 314 g/mol. The molecule has 8 heteroatoms. The number of nitrogens with one attached hydrogen (secondary N) is 1. The number of methoxy groups -OCH3 is 1. The lowest BCUT2D eigenvalue weighted by atomic mass is 10.2. The molecule has 1 aromatic carbocycles. The van der Waals surface area contributed by atoms with Gasteiger partial charge in [0.2, 0.25) is 10.0 Å². The van der Waals surface area contributed by atoms with Crippen LogP contribution in [0.3, 0.4) is 0 Å². The summed E-state index contributed by atoms with van der Waals surface area (Å²) < 4.78 is 36.9. The first-order valence-electron chi connectivity index (χ1n) is 6.40. The van der Waals surface area contributed by atoms with E-state index in [4.69, 9.17) is 9.47 Å². The van der Waals surface area contributed by atoms with Crippen LogP contribution >= 0.6 is 0 Å². The van der Waals surface area contributed by atoms with Crippen molar-refractivity contribution >= 4 is 21.6 Å². The van der Waals surface area contributed by atoms with Crippen molar-refractivity contribution in [2.75, 3.05) is 26.1 Å². The van der Waals surface area contributed by atoms with E-state index in [2.05, 4.69) is 5.32 Å². The SMILES string of the molecule is COc1cc2c(cc1S(=O)(=O)N(C)C(C)C)OCC(=O)N2. The summed E-state index contributed by atoms with van der Waals surface area (Å²) in [7, 11) is -0.834. The Morgan fingerprint density at radius 2 is 2.05 bits per heavy atom. The second kappa shape index (κ2) is 5.53. The van der Waals surface area contributed by atoms with Gasteiger partial charge in [-0.1, -0.05) is 0 Å². The molecule has 0 unspecified atom stereocenters. The van der Waals surface area contributed by atoms with Crippen molar-refractivity contribution < 1.29 is 22.7 Å². The van der Waals surface area contributed by atoms with E-state index in [9.17, 15) is 13.2 Å². The van der Waals surface area contributed by atoms with Crippen molar-refractivity contribution in [2.24, 2.45) is 0 Å². The molecule has 7 nitrogen and oxygen atoms in total. The van der Waals surface area contributed by atoms with Gasteiger partial charge in [-0.2, -0.15) is 4.31 Å². The molecule has 0 saturated heterocycles. The van der Waals surface area contributed by atoms with Gasteiger partial charge in [-0.25, -0.2) is 8.42 Å². The summed E-state index contributed by atoms with van der Waals surface area (Å²) in [4.78, 5) is 11.3. The van der Waals surface area contributed by atoms with Gasteiger partial charge in [-0.3, -0.25) is 4.79 Å². The molecule has 0 atom stereocenters. The molecule has 0 bridgehead atoms. The molecule has 0 spiro atoms. The number of sulfonamides is 1. The topological polar surface area (TPSA) is 84.9 Å². The van der Waals surface area contributed by atoms with Crippen molar-refractivity contribution in [2.45, 2.75) is 24.8 Å². The van der Waals surface area contributed by atoms with Crippen LogP contribution in [0.25, 0.3) is 0 Å². The summed E-state index contributed by atoms with van der Waals surface area (Å²) in [6.07, 6.45) is 0. The zero-order valence-electron chi connectivity index (χ0n) is 12.3. The van der Waals surface area contributed by atoms with E-state index in [1.807, 2.05) is 0 Å². The minimum Gasteiger partial charge on any atom is -0.495 e. The van der Waals surface area contributed by atoms with Crippen LogP contribution < -0.4 is 14.8 Å². The number of ether oxygens (including phenoxy) is 2. The quantitative estimate of drug-likeness (QED) is 0.898. The van der Waals surface area contributed by atoms with Crippen molar-refractivity contribution in [3.63, 3.8) is 0 Å². The molecule has 0 aromatic heterocycles. The lowest BCUT2D eigenvalue weighted by Crippen LogP contribution is -2.33. The number of hydrogen-bond acceptors (Lipinski definition) is 5. The molecule has 21 heavy (non-hydrogen) atoms.